The number of carboxylic acids is 1. The Hall–Kier alpha value is -3.60. The summed E-state index contributed by atoms with van der Waals surface area (Å²) in [6.45, 7) is 4.98. The maximum absolute atomic E-state index is 13.2. The highest BCUT2D eigenvalue weighted by Crippen LogP contribution is 2.07. The van der Waals surface area contributed by atoms with E-state index in [1.807, 2.05) is 0 Å². The Bertz CT molecular complexity index is 912. The molecule has 0 aromatic heterocycles. The van der Waals surface area contributed by atoms with Crippen molar-refractivity contribution in [3.8, 4) is 0 Å². The van der Waals surface area contributed by atoms with Gasteiger partial charge in [0, 0.05) is 19.2 Å². The molecule has 11 N–H and O–H groups in total. The van der Waals surface area contributed by atoms with Gasteiger partial charge >= 0.3 is 5.97 Å². The van der Waals surface area contributed by atoms with Crippen molar-refractivity contribution < 1.29 is 39.0 Å². The molecule has 16 nitrogen and oxygen atoms in total. The molecule has 39 heavy (non-hydrogen) atoms. The zero-order valence-electron chi connectivity index (χ0n) is 22.4. The molecule has 5 atom stereocenters. The van der Waals surface area contributed by atoms with Gasteiger partial charge in [-0.25, -0.2) is 0 Å². The van der Waals surface area contributed by atoms with Crippen molar-refractivity contribution in [1.82, 2.24) is 26.6 Å². The van der Waals surface area contributed by atoms with E-state index in [2.05, 4.69) is 44.2 Å². The summed E-state index contributed by atoms with van der Waals surface area (Å²) >= 11 is 4.05. The summed E-state index contributed by atoms with van der Waals surface area (Å²) in [5.41, 5.74) is 10.6. The number of hydrogen-bond acceptors (Lipinski definition) is 9. The van der Waals surface area contributed by atoms with Crippen LogP contribution in [0.2, 0.25) is 0 Å². The molecule has 0 aliphatic heterocycles. The van der Waals surface area contributed by atoms with Crippen molar-refractivity contribution >= 4 is 54.1 Å². The van der Waals surface area contributed by atoms with E-state index in [0.717, 1.165) is 0 Å². The van der Waals surface area contributed by atoms with Crippen molar-refractivity contribution in [3.05, 3.63) is 0 Å². The van der Waals surface area contributed by atoms with Crippen LogP contribution >= 0.6 is 12.6 Å². The molecule has 17 heteroatoms. The lowest BCUT2D eigenvalue weighted by Gasteiger charge is -2.27. The first-order chi connectivity index (χ1) is 18.1. The molecule has 0 heterocycles. The fraction of sp³-hybridized carbons (Fsp3) is 0.682. The van der Waals surface area contributed by atoms with Crippen molar-refractivity contribution in [2.24, 2.45) is 22.4 Å². The number of carboxylic acid groups (broad SMARTS) is 1. The van der Waals surface area contributed by atoms with E-state index < -0.39 is 78.2 Å². The van der Waals surface area contributed by atoms with Crippen molar-refractivity contribution in [2.75, 3.05) is 18.9 Å². The zero-order chi connectivity index (χ0) is 30.3. The number of carbonyl (C=O) groups is 6. The first-order valence-electron chi connectivity index (χ1n) is 12.1. The Labute approximate surface area is 231 Å². The summed E-state index contributed by atoms with van der Waals surface area (Å²) in [6, 6.07) is -6.15. The summed E-state index contributed by atoms with van der Waals surface area (Å²) in [6.07, 6.45) is 0.337. The first kappa shape index (κ1) is 35.4. The molecule has 0 radical (unpaired) electrons. The molecule has 0 spiro atoms. The van der Waals surface area contributed by atoms with E-state index >= 15 is 0 Å². The van der Waals surface area contributed by atoms with Gasteiger partial charge in [0.1, 0.15) is 30.2 Å². The monoisotopic (exact) mass is 576 g/mol. The highest BCUT2D eigenvalue weighted by molar-refractivity contribution is 7.80. The van der Waals surface area contributed by atoms with E-state index in [0.29, 0.717) is 0 Å². The number of rotatable bonds is 17. The second-order valence-electron chi connectivity index (χ2n) is 8.99. The largest absolute Gasteiger partial charge is 0.480 e. The minimum atomic E-state index is -1.48. The molecule has 0 bridgehead atoms. The minimum absolute atomic E-state index is 0.0457. The number of guanidine groups is 1. The van der Waals surface area contributed by atoms with Gasteiger partial charge < -0.3 is 48.3 Å². The van der Waals surface area contributed by atoms with Crippen LogP contribution < -0.4 is 38.1 Å². The standard InChI is InChI=1S/C22H40N8O8S/c1-10(2)16(20(36)29-14(8-31)18(34)26-11(3)21(37)38)30-17(33)13(6-5-7-25-22(23)24)28-19(35)15(9-39)27-12(4)32/h10-11,13-16,31,39H,5-9H2,1-4H3,(H,26,34)(H,27,32)(H,28,35)(H,29,36)(H,30,33)(H,37,38)(H4,23,24,25)/t11-,13-,14-,15-,16-/m0/s1. The van der Waals surface area contributed by atoms with Gasteiger partial charge in [-0.2, -0.15) is 12.6 Å². The fourth-order valence-electron chi connectivity index (χ4n) is 3.10. The highest BCUT2D eigenvalue weighted by atomic mass is 32.1. The summed E-state index contributed by atoms with van der Waals surface area (Å²) in [5.74, 6) is -5.68. The van der Waals surface area contributed by atoms with E-state index in [9.17, 15) is 33.9 Å². The molecule has 5 amide bonds. The zero-order valence-corrected chi connectivity index (χ0v) is 23.3. The summed E-state index contributed by atoms with van der Waals surface area (Å²) in [7, 11) is 0. The van der Waals surface area contributed by atoms with Gasteiger partial charge in [-0.15, -0.1) is 0 Å². The van der Waals surface area contributed by atoms with Gasteiger partial charge in [0.05, 0.1) is 6.61 Å². The first-order valence-corrected chi connectivity index (χ1v) is 12.8. The van der Waals surface area contributed by atoms with Crippen LogP contribution in [-0.2, 0) is 28.8 Å². The maximum atomic E-state index is 13.2. The predicted molar refractivity (Wildman–Crippen MR) is 144 cm³/mol. The lowest BCUT2D eigenvalue weighted by Crippen LogP contribution is -2.60. The molecule has 0 saturated heterocycles. The topological polar surface area (TPSA) is 267 Å². The van der Waals surface area contributed by atoms with Crippen LogP contribution in [0.5, 0.6) is 0 Å². The van der Waals surface area contributed by atoms with E-state index in [1.165, 1.54) is 13.8 Å². The third-order valence-electron chi connectivity index (χ3n) is 5.25. The number of aliphatic hydroxyl groups excluding tert-OH is 1. The van der Waals surface area contributed by atoms with Crippen LogP contribution in [0, 0.1) is 5.92 Å². The molecule has 0 unspecified atom stereocenters. The third kappa shape index (κ3) is 13.7. The Balaban J connectivity index is 5.68. The number of aliphatic imine (C=N–C) groups is 1. The molecule has 0 aromatic rings. The minimum Gasteiger partial charge on any atom is -0.480 e. The number of amides is 5. The molecular weight excluding hydrogens is 536 g/mol. The van der Waals surface area contributed by atoms with Gasteiger partial charge in [0.25, 0.3) is 0 Å². The predicted octanol–water partition coefficient (Wildman–Crippen LogP) is -3.83. The molecule has 222 valence electrons. The van der Waals surface area contributed by atoms with Crippen LogP contribution in [0.1, 0.15) is 40.5 Å². The number of nitrogens with two attached hydrogens (primary N) is 2. The van der Waals surface area contributed by atoms with Gasteiger partial charge in [-0.05, 0) is 25.7 Å². The molecule has 0 aromatic carbocycles. The molecular formula is C22H40N8O8S. The number of hydrogen-bond donors (Lipinski definition) is 10. The van der Waals surface area contributed by atoms with Crippen LogP contribution in [0.4, 0.5) is 0 Å². The SMILES string of the molecule is CC(=O)N[C@@H](CS)C(=O)N[C@@H](CCCN=C(N)N)C(=O)N[C@H](C(=O)N[C@@H](CO)C(=O)N[C@@H](C)C(=O)O)C(C)C. The summed E-state index contributed by atoms with van der Waals surface area (Å²) < 4.78 is 0. The van der Waals surface area contributed by atoms with Gasteiger partial charge in [0.15, 0.2) is 5.96 Å². The number of aliphatic hydroxyl groups is 1. The molecule has 0 aliphatic carbocycles. The Morgan fingerprint density at radius 1 is 0.821 bits per heavy atom. The lowest BCUT2D eigenvalue weighted by atomic mass is 10.0. The van der Waals surface area contributed by atoms with Crippen LogP contribution in [0.15, 0.2) is 4.99 Å². The van der Waals surface area contributed by atoms with Gasteiger partial charge in [-0.3, -0.25) is 33.8 Å². The number of nitrogens with zero attached hydrogens (tertiary/aromatic N) is 1. The maximum Gasteiger partial charge on any atom is 0.325 e. The summed E-state index contributed by atoms with van der Waals surface area (Å²) in [4.78, 5) is 77.3. The van der Waals surface area contributed by atoms with Crippen LogP contribution in [-0.4, -0.2) is 101 Å². The van der Waals surface area contributed by atoms with Crippen molar-refractivity contribution in [1.29, 1.82) is 0 Å². The van der Waals surface area contributed by atoms with E-state index in [4.69, 9.17) is 16.6 Å². The van der Waals surface area contributed by atoms with Crippen molar-refractivity contribution in [2.45, 2.75) is 70.7 Å². The normalized spacial score (nSPS) is 14.5. The second-order valence-corrected chi connectivity index (χ2v) is 9.35. The number of aliphatic carboxylic acids is 1. The van der Waals surface area contributed by atoms with Gasteiger partial charge in [0.2, 0.25) is 29.5 Å². The number of carbonyl (C=O) groups excluding carboxylic acids is 5. The molecule has 0 saturated carbocycles. The second kappa shape index (κ2) is 17.8. The fourth-order valence-corrected chi connectivity index (χ4v) is 3.36. The Kier molecular flexibility index (Phi) is 16.2. The smallest absolute Gasteiger partial charge is 0.325 e. The van der Waals surface area contributed by atoms with Gasteiger partial charge in [-0.1, -0.05) is 13.8 Å². The molecule has 0 fully saturated rings. The third-order valence-corrected chi connectivity index (χ3v) is 5.61. The van der Waals surface area contributed by atoms with E-state index in [1.54, 1.807) is 13.8 Å². The Morgan fingerprint density at radius 2 is 1.36 bits per heavy atom. The quantitative estimate of drug-likeness (QED) is 0.0349. The van der Waals surface area contributed by atoms with E-state index in [-0.39, 0.29) is 31.1 Å². The van der Waals surface area contributed by atoms with Crippen LogP contribution in [0.25, 0.3) is 0 Å². The molecule has 0 rings (SSSR count). The lowest BCUT2D eigenvalue weighted by molar-refractivity contribution is -0.142. The molecule has 0 aliphatic rings. The number of thiol groups is 1. The Morgan fingerprint density at radius 3 is 1.82 bits per heavy atom. The highest BCUT2D eigenvalue weighted by Gasteiger charge is 2.32. The average molecular weight is 577 g/mol. The number of nitrogens with one attached hydrogen (secondary N) is 5. The van der Waals surface area contributed by atoms with Crippen molar-refractivity contribution in [3.63, 3.8) is 0 Å². The average Bonchev–Trinajstić information content (AvgIpc) is 2.84. The summed E-state index contributed by atoms with van der Waals surface area (Å²) in [5, 5.41) is 30.4. The van der Waals surface area contributed by atoms with Crippen LogP contribution in [0.3, 0.4) is 0 Å².